The van der Waals surface area contributed by atoms with Crippen molar-refractivity contribution in [1.29, 1.82) is 0 Å². The summed E-state index contributed by atoms with van der Waals surface area (Å²) in [4.78, 5) is 11.7. The number of hydrogen-bond donors (Lipinski definition) is 1. The number of imidazole rings is 2. The van der Waals surface area contributed by atoms with Crippen LogP contribution in [0.2, 0.25) is 0 Å². The minimum atomic E-state index is -0.386. The fourth-order valence-corrected chi connectivity index (χ4v) is 13.9. The minimum absolute atomic E-state index is 0. The van der Waals surface area contributed by atoms with Crippen LogP contribution in [0.4, 0.5) is 0 Å². The summed E-state index contributed by atoms with van der Waals surface area (Å²) >= 11 is 0. The van der Waals surface area contributed by atoms with Gasteiger partial charge in [-0.2, -0.15) is 0 Å². The largest absolute Gasteiger partial charge is 0.507 e. The van der Waals surface area contributed by atoms with Crippen LogP contribution in [0, 0.1) is 47.6 Å². The van der Waals surface area contributed by atoms with Gasteiger partial charge in [-0.3, -0.25) is 9.55 Å². The maximum Gasteiger partial charge on any atom is 0.227 e. The van der Waals surface area contributed by atoms with E-state index in [9.17, 15) is 5.11 Å². The van der Waals surface area contributed by atoms with Gasteiger partial charge in [0.2, 0.25) is 6.71 Å². The van der Waals surface area contributed by atoms with Gasteiger partial charge >= 0.3 is 0 Å². The van der Waals surface area contributed by atoms with E-state index in [1.54, 1.807) is 0 Å². The van der Waals surface area contributed by atoms with Crippen LogP contribution in [0.15, 0.2) is 188 Å². The predicted octanol–water partition coefficient (Wildman–Crippen LogP) is 19.8. The molecule has 0 unspecified atom stereocenters. The molecule has 0 fully saturated rings. The Balaban J connectivity index is 0.00000850. The number of phenolic OH excluding ortho intramolecular Hbond substituents is 1. The van der Waals surface area contributed by atoms with Gasteiger partial charge in [0, 0.05) is 43.4 Å². The molecule has 0 aliphatic carbocycles. The summed E-state index contributed by atoms with van der Waals surface area (Å²) in [7, 11) is 0. The van der Waals surface area contributed by atoms with E-state index in [-0.39, 0.29) is 55.2 Å². The molecule has 10 aromatic carbocycles. The molecule has 91 heavy (non-hydrogen) atoms. The number of fused-ring (bicyclic) bond motifs is 2. The quantitative estimate of drug-likeness (QED) is 0.110. The first-order valence-electron chi connectivity index (χ1n) is 32.1. The van der Waals surface area contributed by atoms with Crippen LogP contribution in [-0.2, 0) is 42.7 Å². The second-order valence-corrected chi connectivity index (χ2v) is 29.6. The summed E-state index contributed by atoms with van der Waals surface area (Å²) in [6, 6.07) is 73.2. The van der Waals surface area contributed by atoms with E-state index in [4.69, 9.17) is 9.97 Å². The summed E-state index contributed by atoms with van der Waals surface area (Å²) in [5, 5.41) is 13.0. The van der Waals surface area contributed by atoms with Gasteiger partial charge in [-0.15, -0.1) is 29.2 Å². The Morgan fingerprint density at radius 1 is 0.396 bits per heavy atom. The molecule has 1 N–H and O–H groups in total. The summed E-state index contributed by atoms with van der Waals surface area (Å²) < 4.78 is 4.69. The Hall–Kier alpha value is -8.31. The zero-order valence-corrected chi connectivity index (χ0v) is 58.8. The Labute approximate surface area is 556 Å². The average Bonchev–Trinajstić information content (AvgIpc) is 1.78. The van der Waals surface area contributed by atoms with Crippen LogP contribution >= 0.6 is 0 Å². The average molecular weight is 1370 g/mol. The van der Waals surface area contributed by atoms with Crippen molar-refractivity contribution in [3.05, 3.63) is 250 Å². The normalized spacial score (nSPS) is 12.2. The van der Waals surface area contributed by atoms with E-state index in [1.807, 2.05) is 0 Å². The number of hydrogen-bond acceptors (Lipinski definition) is 3. The second kappa shape index (κ2) is 24.1. The van der Waals surface area contributed by atoms with Gasteiger partial charge in [0.15, 0.2) is 0 Å². The molecule has 2 heterocycles. The van der Waals surface area contributed by atoms with Crippen LogP contribution in [-0.4, -0.2) is 30.9 Å². The topological polar surface area (TPSA) is 55.9 Å². The van der Waals surface area contributed by atoms with Crippen molar-refractivity contribution in [1.82, 2.24) is 19.1 Å². The Morgan fingerprint density at radius 3 is 1.34 bits per heavy atom. The summed E-state index contributed by atoms with van der Waals surface area (Å²) in [5.74, 6) is 1.68. The number of aryl methyl sites for hydroxylation is 6. The van der Waals surface area contributed by atoms with E-state index < -0.39 is 0 Å². The van der Waals surface area contributed by atoms with Gasteiger partial charge in [0.05, 0.1) is 39.1 Å². The number of benzene rings is 10. The van der Waals surface area contributed by atoms with Gasteiger partial charge in [-0.1, -0.05) is 266 Å². The van der Waals surface area contributed by atoms with Crippen LogP contribution in [0.1, 0.15) is 139 Å². The van der Waals surface area contributed by atoms with Crippen molar-refractivity contribution in [3.8, 4) is 73.3 Å². The molecule has 12 aromatic rings. The molecule has 5 nitrogen and oxygen atoms in total. The van der Waals surface area contributed by atoms with Crippen LogP contribution < -0.4 is 16.4 Å². The SMILES string of the molecule is Cc1cc(C)c(B(c2cc(-c3cccc4c3nc(-c3cc(C(C)(C)C)cc(C(C)(C)C)c3O)n4-c3ccc(C(C)(C)C)cc3-c3ccccc3)[c-]c(-c3nc4ccccc4n3-c3ccc(C(C)(C)C)cc3-c3ccccc3)c2)c2c(C)cc(C)cc2C)c(C)c1.[Pt]. The number of rotatable bonds is 10. The minimum Gasteiger partial charge on any atom is -0.507 e. The number of aromatic hydroxyl groups is 1. The van der Waals surface area contributed by atoms with Crippen molar-refractivity contribution in [2.75, 3.05) is 0 Å². The third-order valence-electron chi connectivity index (χ3n) is 18.5. The molecule has 0 radical (unpaired) electrons. The Kier molecular flexibility index (Phi) is 17.0. The zero-order chi connectivity index (χ0) is 64.1. The maximum atomic E-state index is 13.0. The van der Waals surface area contributed by atoms with Crippen molar-refractivity contribution in [3.63, 3.8) is 0 Å². The monoisotopic (exact) mass is 1370 g/mol. The summed E-state index contributed by atoms with van der Waals surface area (Å²) in [6.07, 6.45) is 0. The molecule has 462 valence electrons. The first kappa shape index (κ1) is 64.2. The van der Waals surface area contributed by atoms with E-state index >= 15 is 0 Å². The van der Waals surface area contributed by atoms with Crippen LogP contribution in [0.3, 0.4) is 0 Å². The zero-order valence-electron chi connectivity index (χ0n) is 56.5. The second-order valence-electron chi connectivity index (χ2n) is 29.6. The summed E-state index contributed by atoms with van der Waals surface area (Å²) in [6.45, 7) is 40.3. The fourth-order valence-electron chi connectivity index (χ4n) is 13.9. The molecule has 2 aromatic heterocycles. The van der Waals surface area contributed by atoms with E-state index in [2.05, 4.69) is 328 Å². The Bertz CT molecular complexity index is 4660. The third kappa shape index (κ3) is 12.1. The fraction of sp³-hybridized carbons (Fsp3) is 0.262. The predicted molar refractivity (Wildman–Crippen MR) is 384 cm³/mol. The molecule has 0 amide bonds. The van der Waals surface area contributed by atoms with Gasteiger partial charge in [0.1, 0.15) is 11.6 Å². The number of para-hydroxylation sites is 3. The molecule has 0 saturated heterocycles. The first-order chi connectivity index (χ1) is 42.5. The van der Waals surface area contributed by atoms with Crippen LogP contribution in [0.5, 0.6) is 5.75 Å². The molecule has 0 spiro atoms. The number of aromatic nitrogens is 4. The van der Waals surface area contributed by atoms with Crippen molar-refractivity contribution in [2.45, 2.75) is 146 Å². The maximum absolute atomic E-state index is 13.0. The molecule has 0 bridgehead atoms. The third-order valence-corrected chi connectivity index (χ3v) is 18.5. The van der Waals surface area contributed by atoms with Gasteiger partial charge in [0.25, 0.3) is 0 Å². The van der Waals surface area contributed by atoms with Gasteiger partial charge in [-0.25, -0.2) is 4.98 Å². The molecule has 0 aliphatic heterocycles. The van der Waals surface area contributed by atoms with Gasteiger partial charge < -0.3 is 9.67 Å². The summed E-state index contributed by atoms with van der Waals surface area (Å²) in [5.41, 5.74) is 28.2. The van der Waals surface area contributed by atoms with Crippen molar-refractivity contribution < 1.29 is 26.2 Å². The van der Waals surface area contributed by atoms with Crippen molar-refractivity contribution in [2.24, 2.45) is 0 Å². The molecule has 7 heteroatoms. The standard InChI is InChI=1S/C84H86BN4O.Pt/c1-51-40-53(3)75(54(4)41-51)85(76-55(5)42-52(2)43-56(76)6)64-45-59(44-60(46-64)79-86-70-33-25-26-34-73(70)88(79)71-38-36-61(81(7,8)9)47-66(71)57-28-21-19-22-29-57)65-32-27-35-74-77(65)87-80(68-49-63(83(13,14)15)50-69(78(68)90)84(16,17)18)89(74)72-39-37-62(82(10,11)12)48-67(72)58-30-23-20-24-31-58;/h19-43,45-50,90H,1-18H3;/q-1;. The van der Waals surface area contributed by atoms with Crippen LogP contribution in [0.25, 0.3) is 89.6 Å². The Morgan fingerprint density at radius 2 is 0.846 bits per heavy atom. The smallest absolute Gasteiger partial charge is 0.227 e. The molecular formula is C84H86BN4OPt-. The van der Waals surface area contributed by atoms with Crippen molar-refractivity contribution >= 4 is 45.2 Å². The molecule has 0 saturated carbocycles. The molecule has 12 rings (SSSR count). The number of phenols is 1. The molecular weight excluding hydrogens is 1290 g/mol. The molecule has 0 atom stereocenters. The molecule has 0 aliphatic rings. The number of nitrogens with zero attached hydrogens (tertiary/aromatic N) is 4. The van der Waals surface area contributed by atoms with E-state index in [0.717, 1.165) is 94.8 Å². The van der Waals surface area contributed by atoms with Gasteiger partial charge in [-0.05, 0) is 140 Å². The van der Waals surface area contributed by atoms with E-state index in [0.29, 0.717) is 11.4 Å². The first-order valence-corrected chi connectivity index (χ1v) is 32.1. The van der Waals surface area contributed by atoms with E-state index in [1.165, 1.54) is 55.4 Å².